The number of hydrogen-bond donors (Lipinski definition) is 0. The Morgan fingerprint density at radius 3 is 1.97 bits per heavy atom. The molecule has 4 aromatic carbocycles. The number of epoxide rings is 1. The van der Waals surface area contributed by atoms with Gasteiger partial charge in [-0.1, -0.05) is 60.7 Å². The highest BCUT2D eigenvalue weighted by Gasteiger charge is 2.28. The monoisotopic (exact) mass is 486 g/mol. The van der Waals surface area contributed by atoms with Crippen LogP contribution in [0.4, 0.5) is 13.2 Å². The lowest BCUT2D eigenvalue weighted by atomic mass is 9.97. The van der Waals surface area contributed by atoms with Crippen LogP contribution < -0.4 is 4.74 Å². The third kappa shape index (κ3) is 4.81. The second kappa shape index (κ2) is 9.84. The normalized spacial score (nSPS) is 14.7. The SMILES string of the molecule is C/C=C/c1ccc(-c2ccc(-c3ccc(C(=O)Oc4ccc(C5CO5)c(F)c4)cc3)c(F)c2F)cc1. The second-order valence-corrected chi connectivity index (χ2v) is 8.38. The van der Waals surface area contributed by atoms with Crippen LogP contribution >= 0.6 is 0 Å². The highest BCUT2D eigenvalue weighted by Crippen LogP contribution is 2.34. The van der Waals surface area contributed by atoms with Gasteiger partial charge in [-0.2, -0.15) is 0 Å². The Bertz CT molecular complexity index is 1450. The van der Waals surface area contributed by atoms with E-state index in [4.69, 9.17) is 9.47 Å². The van der Waals surface area contributed by atoms with E-state index in [-0.39, 0.29) is 28.5 Å². The number of allylic oxidation sites excluding steroid dienone is 1. The zero-order chi connectivity index (χ0) is 25.2. The summed E-state index contributed by atoms with van der Waals surface area (Å²) in [6.07, 6.45) is 3.57. The van der Waals surface area contributed by atoms with Gasteiger partial charge in [-0.25, -0.2) is 18.0 Å². The summed E-state index contributed by atoms with van der Waals surface area (Å²) < 4.78 is 54.4. The van der Waals surface area contributed by atoms with Crippen molar-refractivity contribution in [2.45, 2.75) is 13.0 Å². The third-order valence-corrected chi connectivity index (χ3v) is 5.96. The predicted octanol–water partition coefficient (Wildman–Crippen LogP) is 7.76. The second-order valence-electron chi connectivity index (χ2n) is 8.38. The van der Waals surface area contributed by atoms with Crippen molar-refractivity contribution < 1.29 is 27.4 Å². The lowest BCUT2D eigenvalue weighted by Gasteiger charge is -2.10. The van der Waals surface area contributed by atoms with Gasteiger partial charge in [0.15, 0.2) is 11.6 Å². The highest BCUT2D eigenvalue weighted by atomic mass is 19.2. The number of halogens is 3. The van der Waals surface area contributed by atoms with Crippen molar-refractivity contribution in [3.05, 3.63) is 119 Å². The van der Waals surface area contributed by atoms with Gasteiger partial charge in [-0.3, -0.25) is 0 Å². The molecule has 1 fully saturated rings. The lowest BCUT2D eigenvalue weighted by Crippen LogP contribution is -2.08. The van der Waals surface area contributed by atoms with E-state index in [2.05, 4.69) is 0 Å². The van der Waals surface area contributed by atoms with E-state index >= 15 is 0 Å². The predicted molar refractivity (Wildman–Crippen MR) is 132 cm³/mol. The van der Waals surface area contributed by atoms with Crippen LogP contribution in [0.5, 0.6) is 5.75 Å². The van der Waals surface area contributed by atoms with Crippen LogP contribution in [-0.4, -0.2) is 12.6 Å². The van der Waals surface area contributed by atoms with E-state index in [0.717, 1.165) is 11.6 Å². The molecule has 1 aliphatic heterocycles. The number of benzene rings is 4. The van der Waals surface area contributed by atoms with Gasteiger partial charge >= 0.3 is 5.97 Å². The number of hydrogen-bond acceptors (Lipinski definition) is 3. The van der Waals surface area contributed by atoms with Crippen molar-refractivity contribution in [1.82, 2.24) is 0 Å². The maximum Gasteiger partial charge on any atom is 0.343 e. The van der Waals surface area contributed by atoms with Gasteiger partial charge < -0.3 is 9.47 Å². The molecule has 0 saturated carbocycles. The molecule has 5 rings (SSSR count). The summed E-state index contributed by atoms with van der Waals surface area (Å²) in [5.41, 5.74) is 2.78. The molecule has 1 atom stereocenters. The van der Waals surface area contributed by atoms with Crippen molar-refractivity contribution >= 4 is 12.0 Å². The summed E-state index contributed by atoms with van der Waals surface area (Å²) in [7, 11) is 0. The quantitative estimate of drug-likeness (QED) is 0.159. The summed E-state index contributed by atoms with van der Waals surface area (Å²) in [5, 5.41) is 0. The summed E-state index contributed by atoms with van der Waals surface area (Å²) in [4.78, 5) is 12.5. The molecule has 1 heterocycles. The zero-order valence-electron chi connectivity index (χ0n) is 19.3. The first-order chi connectivity index (χ1) is 17.4. The molecule has 6 heteroatoms. The van der Waals surface area contributed by atoms with E-state index < -0.39 is 23.4 Å². The summed E-state index contributed by atoms with van der Waals surface area (Å²) in [6, 6.07) is 20.3. The molecule has 3 nitrogen and oxygen atoms in total. The summed E-state index contributed by atoms with van der Waals surface area (Å²) in [5.74, 6) is -3.06. The fourth-order valence-electron chi connectivity index (χ4n) is 3.97. The van der Waals surface area contributed by atoms with E-state index in [1.807, 2.05) is 31.2 Å². The minimum absolute atomic E-state index is 0.0634. The minimum Gasteiger partial charge on any atom is -0.423 e. The Balaban J connectivity index is 1.33. The first-order valence-electron chi connectivity index (χ1n) is 11.4. The van der Waals surface area contributed by atoms with Gasteiger partial charge in [0, 0.05) is 22.8 Å². The molecule has 0 amide bonds. The van der Waals surface area contributed by atoms with Crippen molar-refractivity contribution in [2.75, 3.05) is 6.61 Å². The van der Waals surface area contributed by atoms with Crippen molar-refractivity contribution in [3.63, 3.8) is 0 Å². The van der Waals surface area contributed by atoms with Crippen molar-refractivity contribution in [1.29, 1.82) is 0 Å². The third-order valence-electron chi connectivity index (χ3n) is 5.96. The minimum atomic E-state index is -0.976. The van der Waals surface area contributed by atoms with Crippen LogP contribution in [0.2, 0.25) is 0 Å². The number of rotatable bonds is 6. The van der Waals surface area contributed by atoms with E-state index in [1.54, 1.807) is 12.1 Å². The first-order valence-corrected chi connectivity index (χ1v) is 11.4. The van der Waals surface area contributed by atoms with Gasteiger partial charge in [-0.05, 0) is 47.9 Å². The van der Waals surface area contributed by atoms with E-state index in [0.29, 0.717) is 23.3 Å². The van der Waals surface area contributed by atoms with Gasteiger partial charge in [0.1, 0.15) is 17.7 Å². The molecule has 180 valence electrons. The fraction of sp³-hybridized carbons (Fsp3) is 0.100. The Morgan fingerprint density at radius 1 is 0.861 bits per heavy atom. The Hall–Kier alpha value is -4.16. The largest absolute Gasteiger partial charge is 0.423 e. The molecular formula is C30H21F3O3. The molecule has 1 aliphatic rings. The van der Waals surface area contributed by atoms with Gasteiger partial charge in [0.25, 0.3) is 0 Å². The van der Waals surface area contributed by atoms with Gasteiger partial charge in [-0.15, -0.1) is 0 Å². The van der Waals surface area contributed by atoms with Crippen LogP contribution in [0.15, 0.2) is 84.9 Å². The number of carbonyl (C=O) groups is 1. The summed E-state index contributed by atoms with van der Waals surface area (Å²) >= 11 is 0. The zero-order valence-corrected chi connectivity index (χ0v) is 19.3. The topological polar surface area (TPSA) is 38.8 Å². The molecule has 0 N–H and O–H groups in total. The average Bonchev–Trinajstić information content (AvgIpc) is 3.72. The Morgan fingerprint density at radius 2 is 1.44 bits per heavy atom. The maximum absolute atomic E-state index is 15.0. The van der Waals surface area contributed by atoms with Crippen LogP contribution in [0, 0.1) is 17.5 Å². The molecule has 4 aromatic rings. The first kappa shape index (κ1) is 23.6. The fourth-order valence-corrected chi connectivity index (χ4v) is 3.97. The van der Waals surface area contributed by atoms with Crippen LogP contribution in [0.3, 0.4) is 0 Å². The Labute approximate surface area is 206 Å². The van der Waals surface area contributed by atoms with E-state index in [9.17, 15) is 18.0 Å². The van der Waals surface area contributed by atoms with Gasteiger partial charge in [0.2, 0.25) is 0 Å². The molecule has 1 saturated heterocycles. The number of ether oxygens (including phenoxy) is 2. The van der Waals surface area contributed by atoms with Crippen molar-refractivity contribution in [2.24, 2.45) is 0 Å². The number of carbonyl (C=O) groups excluding carboxylic acids is 1. The Kier molecular flexibility index (Phi) is 6.44. The molecule has 1 unspecified atom stereocenters. The average molecular weight is 486 g/mol. The smallest absolute Gasteiger partial charge is 0.343 e. The van der Waals surface area contributed by atoms with Crippen LogP contribution in [-0.2, 0) is 4.74 Å². The molecule has 0 aliphatic carbocycles. The standard InChI is InChI=1S/C30H21F3O3/c1-2-3-18-4-6-19(7-5-18)23-14-15-24(29(33)28(23)32)20-8-10-21(11-9-20)30(34)36-22-12-13-25(26(31)16-22)27-17-35-27/h2-16,27H,17H2,1H3/b3-2+. The highest BCUT2D eigenvalue weighted by molar-refractivity contribution is 5.91. The molecule has 36 heavy (non-hydrogen) atoms. The van der Waals surface area contributed by atoms with Crippen LogP contribution in [0.25, 0.3) is 28.3 Å². The lowest BCUT2D eigenvalue weighted by molar-refractivity contribution is 0.0734. The number of esters is 1. The maximum atomic E-state index is 15.0. The van der Waals surface area contributed by atoms with Crippen LogP contribution in [0.1, 0.15) is 34.5 Å². The molecule has 0 spiro atoms. The molecular weight excluding hydrogens is 465 g/mol. The molecule has 0 radical (unpaired) electrons. The van der Waals surface area contributed by atoms with Crippen molar-refractivity contribution in [3.8, 4) is 28.0 Å². The molecule has 0 aromatic heterocycles. The van der Waals surface area contributed by atoms with E-state index in [1.165, 1.54) is 48.5 Å². The van der Waals surface area contributed by atoms with Gasteiger partial charge in [0.05, 0.1) is 12.2 Å². The molecule has 0 bridgehead atoms. The summed E-state index contributed by atoms with van der Waals surface area (Å²) in [6.45, 7) is 2.38.